The zero-order valence-electron chi connectivity index (χ0n) is 8.59. The average molecular weight is 207 g/mol. The van der Waals surface area contributed by atoms with E-state index in [0.717, 1.165) is 5.01 Å². The van der Waals surface area contributed by atoms with E-state index in [1.54, 1.807) is 27.7 Å². The molecule has 0 fully saturated rings. The molecule has 0 aliphatic heterocycles. The second kappa shape index (κ2) is 4.46. The molecule has 1 amide bonds. The molecule has 0 aromatic heterocycles. The minimum atomic E-state index is -0.521. The Kier molecular flexibility index (Phi) is 4.20. The summed E-state index contributed by atoms with van der Waals surface area (Å²) in [4.78, 5) is 11.2. The summed E-state index contributed by atoms with van der Waals surface area (Å²) < 4.78 is 5.02. The number of halogens is 1. The van der Waals surface area contributed by atoms with Gasteiger partial charge in [-0.2, -0.15) is 5.10 Å². The maximum absolute atomic E-state index is 11.2. The molecule has 0 bridgehead atoms. The molecule has 0 aliphatic carbocycles. The number of carbonyl (C=O) groups excluding carboxylic acids is 1. The zero-order chi connectivity index (χ0) is 10.6. The summed E-state index contributed by atoms with van der Waals surface area (Å²) in [6.45, 7) is 6.95. The van der Waals surface area contributed by atoms with E-state index in [9.17, 15) is 4.79 Å². The number of nitrogens with zero attached hydrogens (tertiary/aromatic N) is 2. The maximum atomic E-state index is 11.2. The van der Waals surface area contributed by atoms with Crippen molar-refractivity contribution >= 4 is 22.9 Å². The first-order valence-electron chi connectivity index (χ1n) is 3.90. The van der Waals surface area contributed by atoms with Crippen LogP contribution in [0.3, 0.4) is 0 Å². The van der Waals surface area contributed by atoms with E-state index >= 15 is 0 Å². The van der Waals surface area contributed by atoms with Gasteiger partial charge in [0, 0.05) is 7.05 Å². The van der Waals surface area contributed by atoms with Gasteiger partial charge < -0.3 is 4.74 Å². The molecule has 0 aliphatic rings. The van der Waals surface area contributed by atoms with Crippen LogP contribution in [0.2, 0.25) is 0 Å². The third-order valence-electron chi connectivity index (χ3n) is 0.946. The van der Waals surface area contributed by atoms with E-state index in [0.29, 0.717) is 0 Å². The lowest BCUT2D eigenvalue weighted by atomic mass is 10.2. The third kappa shape index (κ3) is 6.40. The summed E-state index contributed by atoms with van der Waals surface area (Å²) >= 11 is 5.49. The van der Waals surface area contributed by atoms with Crippen LogP contribution in [0.5, 0.6) is 0 Å². The highest BCUT2D eigenvalue weighted by atomic mass is 35.5. The first-order valence-corrected chi connectivity index (χ1v) is 4.27. The predicted octanol–water partition coefficient (Wildman–Crippen LogP) is 2.43. The summed E-state index contributed by atoms with van der Waals surface area (Å²) in [6, 6.07) is 0. The van der Waals surface area contributed by atoms with Crippen molar-refractivity contribution < 1.29 is 9.53 Å². The minimum absolute atomic E-state index is 0.286. The van der Waals surface area contributed by atoms with E-state index in [1.807, 2.05) is 0 Å². The maximum Gasteiger partial charge on any atom is 0.430 e. The average Bonchev–Trinajstić information content (AvgIpc) is 1.81. The lowest BCUT2D eigenvalue weighted by Crippen LogP contribution is -2.31. The minimum Gasteiger partial charge on any atom is -0.442 e. The van der Waals surface area contributed by atoms with Gasteiger partial charge in [0.2, 0.25) is 0 Å². The van der Waals surface area contributed by atoms with Crippen molar-refractivity contribution in [1.29, 1.82) is 0 Å². The van der Waals surface area contributed by atoms with Gasteiger partial charge in [-0.05, 0) is 27.7 Å². The molecule has 5 heteroatoms. The zero-order valence-corrected chi connectivity index (χ0v) is 9.34. The molecule has 0 aromatic rings. The molecule has 76 valence electrons. The summed E-state index contributed by atoms with van der Waals surface area (Å²) in [5, 5.41) is 5.05. The predicted molar refractivity (Wildman–Crippen MR) is 53.0 cm³/mol. The Balaban J connectivity index is 4.21. The normalized spacial score (nSPS) is 12.6. The van der Waals surface area contributed by atoms with Crippen LogP contribution >= 0.6 is 11.6 Å². The molecule has 0 saturated heterocycles. The van der Waals surface area contributed by atoms with Crippen LogP contribution in [0.4, 0.5) is 4.79 Å². The molecular weight excluding hydrogens is 192 g/mol. The van der Waals surface area contributed by atoms with Crippen molar-refractivity contribution in [1.82, 2.24) is 5.01 Å². The molecule has 0 rings (SSSR count). The lowest BCUT2D eigenvalue weighted by Gasteiger charge is -2.21. The molecule has 0 atom stereocenters. The van der Waals surface area contributed by atoms with Crippen LogP contribution in [0.15, 0.2) is 5.10 Å². The van der Waals surface area contributed by atoms with Gasteiger partial charge in [0.1, 0.15) is 10.8 Å². The van der Waals surface area contributed by atoms with Crippen LogP contribution in [0.25, 0.3) is 0 Å². The van der Waals surface area contributed by atoms with E-state index < -0.39 is 11.7 Å². The van der Waals surface area contributed by atoms with Crippen molar-refractivity contribution in [3.05, 3.63) is 0 Å². The third-order valence-corrected chi connectivity index (χ3v) is 1.02. The number of rotatable bonds is 1. The Morgan fingerprint density at radius 2 is 1.92 bits per heavy atom. The summed E-state index contributed by atoms with van der Waals surface area (Å²) in [5.41, 5.74) is -0.513. The Bertz CT molecular complexity index is 217. The van der Waals surface area contributed by atoms with Crippen LogP contribution in [0, 0.1) is 0 Å². The standard InChI is InChI=1S/C8H15ClN2O2/c1-6(9)10-11(5)7(12)13-8(2,3)4/h1-5H3. The highest BCUT2D eigenvalue weighted by Gasteiger charge is 2.19. The topological polar surface area (TPSA) is 41.9 Å². The smallest absolute Gasteiger partial charge is 0.430 e. The highest BCUT2D eigenvalue weighted by molar-refractivity contribution is 6.64. The van der Waals surface area contributed by atoms with Crippen LogP contribution in [0.1, 0.15) is 27.7 Å². The monoisotopic (exact) mass is 206 g/mol. The van der Waals surface area contributed by atoms with Gasteiger partial charge in [0.15, 0.2) is 0 Å². The van der Waals surface area contributed by atoms with Crippen molar-refractivity contribution in [2.75, 3.05) is 7.05 Å². The van der Waals surface area contributed by atoms with Crippen molar-refractivity contribution in [3.63, 3.8) is 0 Å². The van der Waals surface area contributed by atoms with Crippen molar-refractivity contribution in [2.24, 2.45) is 5.10 Å². The van der Waals surface area contributed by atoms with Crippen LogP contribution in [-0.4, -0.2) is 28.9 Å². The molecule has 0 radical (unpaired) electrons. The highest BCUT2D eigenvalue weighted by Crippen LogP contribution is 2.09. The Morgan fingerprint density at radius 1 is 1.46 bits per heavy atom. The van der Waals surface area contributed by atoms with E-state index in [4.69, 9.17) is 16.3 Å². The fourth-order valence-electron chi connectivity index (χ4n) is 0.576. The Morgan fingerprint density at radius 3 is 2.23 bits per heavy atom. The van der Waals surface area contributed by atoms with E-state index in [1.165, 1.54) is 7.05 Å². The number of hydrogen-bond donors (Lipinski definition) is 0. The number of hydrazone groups is 1. The molecule has 0 heterocycles. The molecule has 13 heavy (non-hydrogen) atoms. The SMILES string of the molecule is CC(Cl)=NN(C)C(=O)OC(C)(C)C. The van der Waals surface area contributed by atoms with Gasteiger partial charge in [-0.1, -0.05) is 11.6 Å². The van der Waals surface area contributed by atoms with Crippen LogP contribution < -0.4 is 0 Å². The van der Waals surface area contributed by atoms with Gasteiger partial charge in [-0.25, -0.2) is 9.80 Å². The Labute approximate surface area is 83.5 Å². The van der Waals surface area contributed by atoms with Crippen molar-refractivity contribution in [2.45, 2.75) is 33.3 Å². The fourth-order valence-corrected chi connectivity index (χ4v) is 0.689. The first-order chi connectivity index (χ1) is 5.72. The van der Waals surface area contributed by atoms with Gasteiger partial charge >= 0.3 is 6.09 Å². The molecule has 0 N–H and O–H groups in total. The molecule has 0 spiro atoms. The summed E-state index contributed by atoms with van der Waals surface area (Å²) in [6.07, 6.45) is -0.521. The van der Waals surface area contributed by atoms with Crippen molar-refractivity contribution in [3.8, 4) is 0 Å². The summed E-state index contributed by atoms with van der Waals surface area (Å²) in [5.74, 6) is 0. The quantitative estimate of drug-likeness (QED) is 0.489. The van der Waals surface area contributed by atoms with Gasteiger partial charge in [-0.3, -0.25) is 0 Å². The van der Waals surface area contributed by atoms with Crippen LogP contribution in [-0.2, 0) is 4.74 Å². The molecule has 4 nitrogen and oxygen atoms in total. The van der Waals surface area contributed by atoms with Gasteiger partial charge in [0.25, 0.3) is 0 Å². The van der Waals surface area contributed by atoms with Gasteiger partial charge in [-0.15, -0.1) is 0 Å². The fraction of sp³-hybridized carbons (Fsp3) is 0.750. The van der Waals surface area contributed by atoms with E-state index in [2.05, 4.69) is 5.10 Å². The first kappa shape index (κ1) is 12.2. The number of hydrogen-bond acceptors (Lipinski definition) is 3. The number of ether oxygens (including phenoxy) is 1. The largest absolute Gasteiger partial charge is 0.442 e. The van der Waals surface area contributed by atoms with Gasteiger partial charge in [0.05, 0.1) is 0 Å². The lowest BCUT2D eigenvalue weighted by molar-refractivity contribution is 0.0303. The number of carbonyl (C=O) groups is 1. The second-order valence-electron chi connectivity index (χ2n) is 3.60. The number of amides is 1. The molecule has 0 unspecified atom stereocenters. The second-order valence-corrected chi connectivity index (χ2v) is 4.15. The molecule has 0 saturated carbocycles. The molecule has 0 aromatic carbocycles. The Hall–Kier alpha value is -0.770. The van der Waals surface area contributed by atoms with E-state index in [-0.39, 0.29) is 5.17 Å². The molecular formula is C8H15ClN2O2. The summed E-state index contributed by atoms with van der Waals surface area (Å²) in [7, 11) is 1.49.